The summed E-state index contributed by atoms with van der Waals surface area (Å²) in [6, 6.07) is 16.4. The van der Waals surface area contributed by atoms with E-state index >= 15 is 0 Å². The number of hydrogen-bond donors (Lipinski definition) is 1. The summed E-state index contributed by atoms with van der Waals surface area (Å²) in [5, 5.41) is 3.06. The molecule has 0 radical (unpaired) electrons. The van der Waals surface area contributed by atoms with Gasteiger partial charge in [0, 0.05) is 5.75 Å². The Balaban J connectivity index is 1.78. The molecule has 1 unspecified atom stereocenters. The van der Waals surface area contributed by atoms with Crippen molar-refractivity contribution in [3.8, 4) is 0 Å². The van der Waals surface area contributed by atoms with E-state index in [0.29, 0.717) is 11.5 Å². The van der Waals surface area contributed by atoms with Crippen LogP contribution >= 0.6 is 11.8 Å². The van der Waals surface area contributed by atoms with Gasteiger partial charge >= 0.3 is 0 Å². The van der Waals surface area contributed by atoms with Crippen molar-refractivity contribution in [1.82, 2.24) is 5.32 Å². The molecule has 0 aliphatic carbocycles. The predicted octanol–water partition coefficient (Wildman–Crippen LogP) is 4.33. The fourth-order valence-corrected chi connectivity index (χ4v) is 2.98. The Morgan fingerprint density at radius 2 is 1.82 bits per heavy atom. The topological polar surface area (TPSA) is 29.1 Å². The molecule has 22 heavy (non-hydrogen) atoms. The summed E-state index contributed by atoms with van der Waals surface area (Å²) in [7, 11) is 0. The van der Waals surface area contributed by atoms with Gasteiger partial charge in [-0.15, -0.1) is 11.8 Å². The molecule has 116 valence electrons. The molecule has 1 N–H and O–H groups in total. The lowest BCUT2D eigenvalue weighted by atomic mass is 10.0. The minimum Gasteiger partial charge on any atom is -0.349 e. The molecule has 0 saturated carbocycles. The van der Waals surface area contributed by atoms with Crippen molar-refractivity contribution < 1.29 is 9.18 Å². The van der Waals surface area contributed by atoms with Gasteiger partial charge in [-0.2, -0.15) is 0 Å². The van der Waals surface area contributed by atoms with Crippen LogP contribution in [0.5, 0.6) is 0 Å². The van der Waals surface area contributed by atoms with E-state index in [1.807, 2.05) is 30.3 Å². The van der Waals surface area contributed by atoms with Gasteiger partial charge in [-0.3, -0.25) is 4.79 Å². The largest absolute Gasteiger partial charge is 0.349 e. The second-order valence-corrected chi connectivity index (χ2v) is 6.04. The second-order valence-electron chi connectivity index (χ2n) is 5.06. The van der Waals surface area contributed by atoms with Crippen LogP contribution in [-0.2, 0) is 10.5 Å². The molecule has 0 heterocycles. The number of carbonyl (C=O) groups is 1. The Morgan fingerprint density at radius 3 is 2.45 bits per heavy atom. The Morgan fingerprint density at radius 1 is 1.14 bits per heavy atom. The van der Waals surface area contributed by atoms with E-state index in [1.165, 1.54) is 23.9 Å². The zero-order valence-corrected chi connectivity index (χ0v) is 13.4. The quantitative estimate of drug-likeness (QED) is 0.823. The van der Waals surface area contributed by atoms with Crippen LogP contribution in [0.3, 0.4) is 0 Å². The van der Waals surface area contributed by atoms with Crippen molar-refractivity contribution in [2.45, 2.75) is 25.1 Å². The summed E-state index contributed by atoms with van der Waals surface area (Å²) in [4.78, 5) is 12.0. The standard InChI is InChI=1S/C18H20FNOS/c1-2-17(15-6-4-3-5-7-15)20-18(21)13-22-12-14-8-10-16(19)11-9-14/h3-11,17H,2,12-13H2,1H3,(H,20,21). The molecular weight excluding hydrogens is 297 g/mol. The van der Waals surface area contributed by atoms with Crippen molar-refractivity contribution >= 4 is 17.7 Å². The summed E-state index contributed by atoms with van der Waals surface area (Å²) in [5.41, 5.74) is 2.15. The van der Waals surface area contributed by atoms with Gasteiger partial charge in [0.25, 0.3) is 0 Å². The maximum atomic E-state index is 12.8. The fraction of sp³-hybridized carbons (Fsp3) is 0.278. The molecule has 1 atom stereocenters. The highest BCUT2D eigenvalue weighted by Crippen LogP contribution is 2.17. The molecule has 0 aliphatic heterocycles. The summed E-state index contributed by atoms with van der Waals surface area (Å²) < 4.78 is 12.8. The lowest BCUT2D eigenvalue weighted by Crippen LogP contribution is -2.29. The minimum atomic E-state index is -0.236. The molecule has 2 nitrogen and oxygen atoms in total. The van der Waals surface area contributed by atoms with Crippen molar-refractivity contribution in [3.63, 3.8) is 0 Å². The van der Waals surface area contributed by atoms with E-state index in [0.717, 1.165) is 17.5 Å². The lowest BCUT2D eigenvalue weighted by molar-refractivity contribution is -0.119. The Hall–Kier alpha value is -1.81. The molecule has 0 fully saturated rings. The normalized spacial score (nSPS) is 11.9. The second kappa shape index (κ2) is 8.59. The highest BCUT2D eigenvalue weighted by molar-refractivity contribution is 7.99. The Kier molecular flexibility index (Phi) is 6.46. The first kappa shape index (κ1) is 16.6. The van der Waals surface area contributed by atoms with Crippen LogP contribution < -0.4 is 5.32 Å². The summed E-state index contributed by atoms with van der Waals surface area (Å²) in [5.74, 6) is 0.902. The zero-order valence-electron chi connectivity index (χ0n) is 12.6. The van der Waals surface area contributed by atoms with Crippen LogP contribution in [0.2, 0.25) is 0 Å². The summed E-state index contributed by atoms with van der Waals surface area (Å²) in [6.45, 7) is 2.06. The van der Waals surface area contributed by atoms with E-state index in [-0.39, 0.29) is 17.8 Å². The first-order chi connectivity index (χ1) is 10.7. The summed E-state index contributed by atoms with van der Waals surface area (Å²) >= 11 is 1.53. The van der Waals surface area contributed by atoms with Gasteiger partial charge in [-0.05, 0) is 29.7 Å². The first-order valence-electron chi connectivity index (χ1n) is 7.35. The van der Waals surface area contributed by atoms with Crippen LogP contribution in [0.15, 0.2) is 54.6 Å². The molecule has 0 aromatic heterocycles. The van der Waals surface area contributed by atoms with E-state index in [1.54, 1.807) is 12.1 Å². The van der Waals surface area contributed by atoms with Gasteiger partial charge in [-0.1, -0.05) is 49.4 Å². The molecule has 0 spiro atoms. The van der Waals surface area contributed by atoms with Gasteiger partial charge in [0.1, 0.15) is 5.82 Å². The molecule has 2 rings (SSSR count). The van der Waals surface area contributed by atoms with Crippen LogP contribution in [0.1, 0.15) is 30.5 Å². The average molecular weight is 317 g/mol. The molecule has 2 aromatic carbocycles. The number of benzene rings is 2. The van der Waals surface area contributed by atoms with Gasteiger partial charge in [0.2, 0.25) is 5.91 Å². The third-order valence-corrected chi connectivity index (χ3v) is 4.36. The molecule has 0 saturated heterocycles. The molecule has 0 bridgehead atoms. The highest BCUT2D eigenvalue weighted by atomic mass is 32.2. The monoisotopic (exact) mass is 317 g/mol. The molecule has 4 heteroatoms. The van der Waals surface area contributed by atoms with Crippen LogP contribution in [0.4, 0.5) is 4.39 Å². The van der Waals surface area contributed by atoms with Crippen LogP contribution in [-0.4, -0.2) is 11.7 Å². The molecular formula is C18H20FNOS. The smallest absolute Gasteiger partial charge is 0.230 e. The third kappa shape index (κ3) is 5.19. The number of halogens is 1. The van der Waals surface area contributed by atoms with E-state index in [9.17, 15) is 9.18 Å². The average Bonchev–Trinajstić information content (AvgIpc) is 2.55. The zero-order chi connectivity index (χ0) is 15.8. The minimum absolute atomic E-state index is 0.0304. The SMILES string of the molecule is CCC(NC(=O)CSCc1ccc(F)cc1)c1ccccc1. The number of carbonyl (C=O) groups excluding carboxylic acids is 1. The lowest BCUT2D eigenvalue weighted by Gasteiger charge is -2.17. The van der Waals surface area contributed by atoms with Crippen LogP contribution in [0, 0.1) is 5.82 Å². The highest BCUT2D eigenvalue weighted by Gasteiger charge is 2.12. The van der Waals surface area contributed by atoms with E-state index < -0.39 is 0 Å². The molecule has 2 aromatic rings. The van der Waals surface area contributed by atoms with Gasteiger partial charge in [0.05, 0.1) is 11.8 Å². The number of rotatable bonds is 7. The number of nitrogens with one attached hydrogen (secondary N) is 1. The maximum Gasteiger partial charge on any atom is 0.230 e. The fourth-order valence-electron chi connectivity index (χ4n) is 2.18. The van der Waals surface area contributed by atoms with Crippen LogP contribution in [0.25, 0.3) is 0 Å². The van der Waals surface area contributed by atoms with Crippen molar-refractivity contribution in [2.24, 2.45) is 0 Å². The van der Waals surface area contributed by atoms with E-state index in [4.69, 9.17) is 0 Å². The third-order valence-electron chi connectivity index (χ3n) is 3.36. The number of amides is 1. The van der Waals surface area contributed by atoms with Crippen molar-refractivity contribution in [1.29, 1.82) is 0 Å². The molecule has 1 amide bonds. The predicted molar refractivity (Wildman–Crippen MR) is 90.2 cm³/mol. The first-order valence-corrected chi connectivity index (χ1v) is 8.51. The van der Waals surface area contributed by atoms with Gasteiger partial charge in [0.15, 0.2) is 0 Å². The maximum absolute atomic E-state index is 12.8. The number of hydrogen-bond acceptors (Lipinski definition) is 2. The van der Waals surface area contributed by atoms with Gasteiger partial charge < -0.3 is 5.32 Å². The number of thioether (sulfide) groups is 1. The Bertz CT molecular complexity index is 586. The molecule has 0 aliphatic rings. The Labute approximate surface area is 135 Å². The van der Waals surface area contributed by atoms with Crippen molar-refractivity contribution in [2.75, 3.05) is 5.75 Å². The van der Waals surface area contributed by atoms with Crippen molar-refractivity contribution in [3.05, 3.63) is 71.5 Å². The summed E-state index contributed by atoms with van der Waals surface area (Å²) in [6.07, 6.45) is 0.860. The van der Waals surface area contributed by atoms with Gasteiger partial charge in [-0.25, -0.2) is 4.39 Å². The van der Waals surface area contributed by atoms with E-state index in [2.05, 4.69) is 12.2 Å².